The SMILES string of the molecule is C[C@@H](C=Cc1cnc(Oc2ccc(OCC3CC3)cc2Cl)s1)NC(=O)CCCN1CCCC1. The number of likely N-dealkylation sites (tertiary alicyclic amines) is 1. The number of rotatable bonds is 12. The van der Waals surface area contributed by atoms with Crippen molar-refractivity contribution >= 4 is 34.9 Å². The monoisotopic (exact) mass is 489 g/mol. The fourth-order valence-corrected chi connectivity index (χ4v) is 4.62. The highest BCUT2D eigenvalue weighted by Crippen LogP contribution is 2.35. The first kappa shape index (κ1) is 24.0. The summed E-state index contributed by atoms with van der Waals surface area (Å²) in [6.07, 6.45) is 12.2. The van der Waals surface area contributed by atoms with Crippen LogP contribution in [-0.4, -0.2) is 48.1 Å². The van der Waals surface area contributed by atoms with Crippen molar-refractivity contribution in [3.63, 3.8) is 0 Å². The van der Waals surface area contributed by atoms with Crippen LogP contribution in [-0.2, 0) is 4.79 Å². The van der Waals surface area contributed by atoms with Crippen LogP contribution in [0.25, 0.3) is 6.08 Å². The highest BCUT2D eigenvalue weighted by atomic mass is 35.5. The summed E-state index contributed by atoms with van der Waals surface area (Å²) in [6.45, 7) is 6.08. The first-order chi connectivity index (χ1) is 16.0. The highest BCUT2D eigenvalue weighted by molar-refractivity contribution is 7.14. The molecule has 33 heavy (non-hydrogen) atoms. The minimum atomic E-state index is -0.0478. The third-order valence-electron chi connectivity index (χ3n) is 5.80. The lowest BCUT2D eigenvalue weighted by Gasteiger charge is -2.14. The van der Waals surface area contributed by atoms with Gasteiger partial charge in [-0.15, -0.1) is 0 Å². The van der Waals surface area contributed by atoms with E-state index >= 15 is 0 Å². The van der Waals surface area contributed by atoms with E-state index in [4.69, 9.17) is 21.1 Å². The van der Waals surface area contributed by atoms with Gasteiger partial charge in [0.25, 0.3) is 5.19 Å². The summed E-state index contributed by atoms with van der Waals surface area (Å²) in [6, 6.07) is 5.41. The van der Waals surface area contributed by atoms with Gasteiger partial charge in [0.05, 0.1) is 16.5 Å². The number of hydrogen-bond acceptors (Lipinski definition) is 6. The smallest absolute Gasteiger partial charge is 0.279 e. The number of amides is 1. The molecule has 8 heteroatoms. The van der Waals surface area contributed by atoms with Crippen LogP contribution in [0.1, 0.15) is 50.3 Å². The quantitative estimate of drug-likeness (QED) is 0.410. The van der Waals surface area contributed by atoms with Crippen LogP contribution >= 0.6 is 22.9 Å². The number of hydrogen-bond donors (Lipinski definition) is 1. The summed E-state index contributed by atoms with van der Waals surface area (Å²) in [5.41, 5.74) is 0. The van der Waals surface area contributed by atoms with Crippen LogP contribution in [0.15, 0.2) is 30.5 Å². The maximum atomic E-state index is 12.2. The normalized spacial score (nSPS) is 17.4. The number of halogens is 1. The number of benzene rings is 1. The molecule has 4 rings (SSSR count). The van der Waals surface area contributed by atoms with E-state index in [9.17, 15) is 4.79 Å². The van der Waals surface area contributed by atoms with Gasteiger partial charge in [-0.3, -0.25) is 4.79 Å². The fraction of sp³-hybridized carbons (Fsp3) is 0.520. The Morgan fingerprint density at radius 2 is 2.18 bits per heavy atom. The van der Waals surface area contributed by atoms with E-state index in [1.807, 2.05) is 31.2 Å². The Balaban J connectivity index is 1.20. The van der Waals surface area contributed by atoms with Gasteiger partial charge >= 0.3 is 0 Å². The van der Waals surface area contributed by atoms with Gasteiger partial charge in [0.1, 0.15) is 11.5 Å². The number of nitrogens with zero attached hydrogens (tertiary/aromatic N) is 2. The summed E-state index contributed by atoms with van der Waals surface area (Å²) in [4.78, 5) is 19.9. The van der Waals surface area contributed by atoms with Gasteiger partial charge in [0.2, 0.25) is 5.91 Å². The van der Waals surface area contributed by atoms with Crippen molar-refractivity contribution in [3.05, 3.63) is 40.4 Å². The molecule has 2 heterocycles. The zero-order valence-electron chi connectivity index (χ0n) is 19.1. The van der Waals surface area contributed by atoms with Crippen molar-refractivity contribution < 1.29 is 14.3 Å². The molecule has 6 nitrogen and oxygen atoms in total. The lowest BCUT2D eigenvalue weighted by molar-refractivity contribution is -0.121. The van der Waals surface area contributed by atoms with Crippen molar-refractivity contribution in [2.45, 2.75) is 51.5 Å². The Labute approximate surface area is 204 Å². The van der Waals surface area contributed by atoms with Gasteiger partial charge in [0.15, 0.2) is 0 Å². The molecule has 0 radical (unpaired) electrons. The summed E-state index contributed by atoms with van der Waals surface area (Å²) < 4.78 is 11.6. The molecule has 1 aromatic carbocycles. The predicted octanol–water partition coefficient (Wildman–Crippen LogP) is 5.77. The van der Waals surface area contributed by atoms with Crippen molar-refractivity contribution in [3.8, 4) is 16.7 Å². The molecule has 2 fully saturated rings. The average Bonchev–Trinajstić information content (AvgIpc) is 3.27. The molecular weight excluding hydrogens is 458 g/mol. The van der Waals surface area contributed by atoms with E-state index < -0.39 is 0 Å². The summed E-state index contributed by atoms with van der Waals surface area (Å²) in [5, 5.41) is 4.05. The standard InChI is InChI=1S/C25H32ClN3O3S/c1-18(28-24(30)5-4-14-29-12-2-3-13-29)6-10-21-16-27-25(33-21)32-23-11-9-20(15-22(23)26)31-17-19-7-8-19/h6,9-11,15-16,18-19H,2-5,7-8,12-14,17H2,1H3,(H,28,30)/t18-/m0/s1. The van der Waals surface area contributed by atoms with Crippen LogP contribution in [0.4, 0.5) is 0 Å². The number of aromatic nitrogens is 1. The minimum Gasteiger partial charge on any atom is -0.493 e. The molecule has 1 aliphatic heterocycles. The van der Waals surface area contributed by atoms with Gasteiger partial charge in [-0.2, -0.15) is 0 Å². The number of ether oxygens (including phenoxy) is 2. The van der Waals surface area contributed by atoms with E-state index in [2.05, 4.69) is 15.2 Å². The van der Waals surface area contributed by atoms with Crippen LogP contribution in [0.5, 0.6) is 16.7 Å². The van der Waals surface area contributed by atoms with E-state index in [1.165, 1.54) is 50.1 Å². The third kappa shape index (κ3) is 8.02. The van der Waals surface area contributed by atoms with E-state index in [0.29, 0.717) is 28.3 Å². The molecule has 1 aliphatic carbocycles. The van der Waals surface area contributed by atoms with Gasteiger partial charge in [-0.05, 0) is 82.8 Å². The zero-order valence-corrected chi connectivity index (χ0v) is 20.7. The molecule has 1 saturated carbocycles. The second kappa shape index (κ2) is 11.9. The molecule has 1 aromatic heterocycles. The number of nitrogens with one attached hydrogen (secondary N) is 1. The maximum absolute atomic E-state index is 12.2. The number of carbonyl (C=O) groups is 1. The second-order valence-corrected chi connectivity index (χ2v) is 10.3. The molecule has 178 valence electrons. The molecule has 0 unspecified atom stereocenters. The van der Waals surface area contributed by atoms with Crippen LogP contribution in [0.2, 0.25) is 5.02 Å². The van der Waals surface area contributed by atoms with E-state index in [-0.39, 0.29) is 11.9 Å². The Morgan fingerprint density at radius 1 is 1.36 bits per heavy atom. The average molecular weight is 490 g/mol. The van der Waals surface area contributed by atoms with Crippen LogP contribution in [0.3, 0.4) is 0 Å². The second-order valence-electron chi connectivity index (χ2n) is 8.84. The molecule has 0 bridgehead atoms. The van der Waals surface area contributed by atoms with Crippen molar-refractivity contribution in [1.29, 1.82) is 0 Å². The van der Waals surface area contributed by atoms with E-state index in [0.717, 1.165) is 30.2 Å². The first-order valence-electron chi connectivity index (χ1n) is 11.8. The Kier molecular flexibility index (Phi) is 8.64. The zero-order chi connectivity index (χ0) is 23.0. The molecule has 1 atom stereocenters. The Morgan fingerprint density at radius 3 is 2.94 bits per heavy atom. The minimum absolute atomic E-state index is 0.0478. The predicted molar refractivity (Wildman–Crippen MR) is 133 cm³/mol. The van der Waals surface area contributed by atoms with Gasteiger partial charge in [-0.25, -0.2) is 4.98 Å². The maximum Gasteiger partial charge on any atom is 0.279 e. The first-order valence-corrected chi connectivity index (χ1v) is 13.0. The number of thiazole rings is 1. The molecule has 1 amide bonds. The summed E-state index contributed by atoms with van der Waals surface area (Å²) in [7, 11) is 0. The Bertz CT molecular complexity index is 954. The highest BCUT2D eigenvalue weighted by Gasteiger charge is 2.22. The van der Waals surface area contributed by atoms with Crippen molar-refractivity contribution in [1.82, 2.24) is 15.2 Å². The molecule has 2 aliphatic rings. The van der Waals surface area contributed by atoms with Gasteiger partial charge in [-0.1, -0.05) is 29.0 Å². The molecule has 0 spiro atoms. The molecule has 1 N–H and O–H groups in total. The lowest BCUT2D eigenvalue weighted by Crippen LogP contribution is -2.31. The summed E-state index contributed by atoms with van der Waals surface area (Å²) in [5.74, 6) is 2.10. The topological polar surface area (TPSA) is 63.7 Å². The lowest BCUT2D eigenvalue weighted by atomic mass is 10.2. The largest absolute Gasteiger partial charge is 0.493 e. The van der Waals surface area contributed by atoms with Crippen LogP contribution < -0.4 is 14.8 Å². The van der Waals surface area contributed by atoms with Gasteiger partial charge < -0.3 is 19.7 Å². The van der Waals surface area contributed by atoms with Crippen LogP contribution in [0, 0.1) is 5.92 Å². The molecule has 1 saturated heterocycles. The van der Waals surface area contributed by atoms with E-state index in [1.54, 1.807) is 12.3 Å². The number of carbonyl (C=O) groups excluding carboxylic acids is 1. The van der Waals surface area contributed by atoms with Gasteiger partial charge in [0, 0.05) is 24.7 Å². The Hall–Kier alpha value is -2.09. The molecular formula is C25H32ClN3O3S. The fourth-order valence-electron chi connectivity index (χ4n) is 3.72. The van der Waals surface area contributed by atoms with Crippen molar-refractivity contribution in [2.75, 3.05) is 26.2 Å². The third-order valence-corrected chi connectivity index (χ3v) is 6.94. The summed E-state index contributed by atoms with van der Waals surface area (Å²) >= 11 is 7.78. The molecule has 2 aromatic rings. The van der Waals surface area contributed by atoms with Crippen molar-refractivity contribution in [2.24, 2.45) is 5.92 Å².